The summed E-state index contributed by atoms with van der Waals surface area (Å²) in [4.78, 5) is 14.4. The third-order valence-electron chi connectivity index (χ3n) is 4.59. The van der Waals surface area contributed by atoms with Crippen LogP contribution in [0.15, 0.2) is 18.2 Å². The number of benzene rings is 1. The molecule has 120 valence electrons. The van der Waals surface area contributed by atoms with Crippen LogP contribution in [0.3, 0.4) is 0 Å². The van der Waals surface area contributed by atoms with Gasteiger partial charge in [0, 0.05) is 13.7 Å². The number of carbonyl (C=O) groups excluding carboxylic acids is 1. The quantitative estimate of drug-likeness (QED) is 0.815. The second-order valence-corrected chi connectivity index (χ2v) is 8.06. The summed E-state index contributed by atoms with van der Waals surface area (Å²) in [7, 11) is -1.82. The Morgan fingerprint density at radius 2 is 2.09 bits per heavy atom. The number of ether oxygens (including phenoxy) is 1. The molecule has 1 atom stereocenters. The van der Waals surface area contributed by atoms with Gasteiger partial charge in [-0.25, -0.2) is 12.8 Å². The van der Waals surface area contributed by atoms with Crippen LogP contribution in [0.2, 0.25) is 0 Å². The second kappa shape index (κ2) is 5.03. The fourth-order valence-electron chi connectivity index (χ4n) is 3.34. The zero-order chi connectivity index (χ0) is 16.1. The van der Waals surface area contributed by atoms with Crippen LogP contribution in [0.4, 0.5) is 4.39 Å². The van der Waals surface area contributed by atoms with Crippen molar-refractivity contribution in [3.05, 3.63) is 35.1 Å². The topological polar surface area (TPSA) is 63.7 Å². The summed E-state index contributed by atoms with van der Waals surface area (Å²) in [6.07, 6.45) is 0.551. The van der Waals surface area contributed by atoms with Crippen molar-refractivity contribution >= 4 is 15.7 Å². The minimum absolute atomic E-state index is 0.229. The van der Waals surface area contributed by atoms with Gasteiger partial charge < -0.3 is 9.64 Å². The number of sulfone groups is 1. The van der Waals surface area contributed by atoms with Gasteiger partial charge in [0.05, 0.1) is 17.5 Å². The molecule has 1 aromatic rings. The highest BCUT2D eigenvalue weighted by atomic mass is 32.2. The Bertz CT molecular complexity index is 719. The number of hydrogen-bond acceptors (Lipinski definition) is 4. The predicted octanol–water partition coefficient (Wildman–Crippen LogP) is 1.09. The van der Waals surface area contributed by atoms with Crippen molar-refractivity contribution < 1.29 is 22.3 Å². The number of carbonyl (C=O) groups is 1. The molecule has 22 heavy (non-hydrogen) atoms. The molecule has 1 unspecified atom stereocenters. The standard InChI is InChI=1S/C15H18FNO4S/c1-10-13-4-3-12(16)7-11(13)5-6-17(10)14(18)15(21-2)8-22(19,20)9-15/h3-4,7,10H,5-6,8-9H2,1-2H3. The average Bonchev–Trinajstić information content (AvgIpc) is 2.43. The summed E-state index contributed by atoms with van der Waals surface area (Å²) in [5.74, 6) is -1.12. The molecule has 1 amide bonds. The Balaban J connectivity index is 1.87. The summed E-state index contributed by atoms with van der Waals surface area (Å²) in [6, 6.07) is 4.33. The SMILES string of the molecule is COC1(C(=O)N2CCc3cc(F)ccc3C2C)CS(=O)(=O)C1. The Morgan fingerprint density at radius 1 is 1.41 bits per heavy atom. The smallest absolute Gasteiger partial charge is 0.257 e. The van der Waals surface area contributed by atoms with Crippen molar-refractivity contribution in [1.82, 2.24) is 4.90 Å². The number of hydrogen-bond donors (Lipinski definition) is 0. The van der Waals surface area contributed by atoms with E-state index in [-0.39, 0.29) is 29.3 Å². The summed E-state index contributed by atoms with van der Waals surface area (Å²) in [6.45, 7) is 2.30. The summed E-state index contributed by atoms with van der Waals surface area (Å²) in [5, 5.41) is 0. The van der Waals surface area contributed by atoms with Crippen molar-refractivity contribution in [3.8, 4) is 0 Å². The van der Waals surface area contributed by atoms with Gasteiger partial charge in [-0.2, -0.15) is 0 Å². The van der Waals surface area contributed by atoms with Crippen molar-refractivity contribution in [2.75, 3.05) is 25.2 Å². The minimum atomic E-state index is -3.19. The first-order valence-corrected chi connectivity index (χ1v) is 8.95. The zero-order valence-corrected chi connectivity index (χ0v) is 13.3. The molecule has 0 spiro atoms. The van der Waals surface area contributed by atoms with E-state index in [0.717, 1.165) is 11.1 Å². The first-order chi connectivity index (χ1) is 10.3. The third-order valence-corrected chi connectivity index (χ3v) is 6.40. The number of fused-ring (bicyclic) bond motifs is 1. The molecule has 2 heterocycles. The van der Waals surface area contributed by atoms with E-state index >= 15 is 0 Å². The largest absolute Gasteiger partial charge is 0.366 e. The lowest BCUT2D eigenvalue weighted by atomic mass is 9.91. The predicted molar refractivity (Wildman–Crippen MR) is 78.6 cm³/mol. The van der Waals surface area contributed by atoms with Gasteiger partial charge in [-0.05, 0) is 36.6 Å². The molecular formula is C15H18FNO4S. The molecule has 0 saturated carbocycles. The van der Waals surface area contributed by atoms with Crippen molar-refractivity contribution in [2.24, 2.45) is 0 Å². The molecule has 0 aliphatic carbocycles. The van der Waals surface area contributed by atoms with E-state index in [2.05, 4.69) is 0 Å². The van der Waals surface area contributed by atoms with Crippen molar-refractivity contribution in [3.63, 3.8) is 0 Å². The first-order valence-electron chi connectivity index (χ1n) is 7.13. The van der Waals surface area contributed by atoms with Crippen LogP contribution in [0.25, 0.3) is 0 Å². The maximum atomic E-state index is 13.3. The molecule has 0 aromatic heterocycles. The van der Waals surface area contributed by atoms with Gasteiger partial charge in [0.1, 0.15) is 5.82 Å². The molecule has 0 N–H and O–H groups in total. The summed E-state index contributed by atoms with van der Waals surface area (Å²) in [5.41, 5.74) is 0.531. The summed E-state index contributed by atoms with van der Waals surface area (Å²) < 4.78 is 41.5. The summed E-state index contributed by atoms with van der Waals surface area (Å²) >= 11 is 0. The van der Waals surface area contributed by atoms with Crippen molar-refractivity contribution in [1.29, 1.82) is 0 Å². The molecule has 7 heteroatoms. The second-order valence-electron chi connectivity index (χ2n) is 6.00. The number of nitrogens with zero attached hydrogens (tertiary/aromatic N) is 1. The number of amides is 1. The highest BCUT2D eigenvalue weighted by molar-refractivity contribution is 7.93. The monoisotopic (exact) mass is 327 g/mol. The van der Waals surface area contributed by atoms with Gasteiger partial charge in [-0.15, -0.1) is 0 Å². The number of methoxy groups -OCH3 is 1. The van der Waals surface area contributed by atoms with Gasteiger partial charge in [0.2, 0.25) is 0 Å². The van der Waals surface area contributed by atoms with E-state index in [1.165, 1.54) is 19.2 Å². The molecule has 0 bridgehead atoms. The van der Waals surface area contributed by atoms with Gasteiger partial charge in [-0.1, -0.05) is 6.07 Å². The van der Waals surface area contributed by atoms with Gasteiger partial charge >= 0.3 is 0 Å². The van der Waals surface area contributed by atoms with Crippen LogP contribution >= 0.6 is 0 Å². The fourth-order valence-corrected chi connectivity index (χ4v) is 5.16. The lowest BCUT2D eigenvalue weighted by molar-refractivity contribution is -0.154. The van der Waals surface area contributed by atoms with Crippen LogP contribution in [-0.2, 0) is 25.8 Å². The number of rotatable bonds is 2. The molecule has 1 fully saturated rings. The Morgan fingerprint density at radius 3 is 2.68 bits per heavy atom. The normalized spacial score (nSPS) is 25.2. The van der Waals surface area contributed by atoms with Gasteiger partial charge in [-0.3, -0.25) is 4.79 Å². The van der Waals surface area contributed by atoms with Crippen LogP contribution < -0.4 is 0 Å². The van der Waals surface area contributed by atoms with E-state index in [1.807, 2.05) is 6.92 Å². The van der Waals surface area contributed by atoms with Crippen LogP contribution in [0.1, 0.15) is 24.1 Å². The van der Waals surface area contributed by atoms with E-state index in [0.29, 0.717) is 13.0 Å². The lowest BCUT2D eigenvalue weighted by Crippen LogP contribution is -2.66. The molecular weight excluding hydrogens is 309 g/mol. The van der Waals surface area contributed by atoms with Crippen LogP contribution in [0, 0.1) is 5.82 Å². The molecule has 0 radical (unpaired) electrons. The van der Waals surface area contributed by atoms with Crippen molar-refractivity contribution in [2.45, 2.75) is 25.0 Å². The van der Waals surface area contributed by atoms with E-state index in [1.54, 1.807) is 11.0 Å². The number of halogens is 1. The Kier molecular flexibility index (Phi) is 3.52. The van der Waals surface area contributed by atoms with Gasteiger partial charge in [0.25, 0.3) is 5.91 Å². The first kappa shape index (κ1) is 15.4. The van der Waals surface area contributed by atoms with Gasteiger partial charge in [0.15, 0.2) is 15.4 Å². The van der Waals surface area contributed by atoms with Crippen LogP contribution in [-0.4, -0.2) is 50.0 Å². The highest BCUT2D eigenvalue weighted by Crippen LogP contribution is 2.36. The minimum Gasteiger partial charge on any atom is -0.366 e. The van der Waals surface area contributed by atoms with E-state index in [9.17, 15) is 17.6 Å². The molecule has 3 rings (SSSR count). The maximum Gasteiger partial charge on any atom is 0.257 e. The fraction of sp³-hybridized carbons (Fsp3) is 0.533. The zero-order valence-electron chi connectivity index (χ0n) is 12.5. The van der Waals surface area contributed by atoms with E-state index in [4.69, 9.17) is 4.74 Å². The molecule has 1 aromatic carbocycles. The maximum absolute atomic E-state index is 13.3. The molecule has 2 aliphatic rings. The lowest BCUT2D eigenvalue weighted by Gasteiger charge is -2.45. The Labute approximate surface area is 129 Å². The highest BCUT2D eigenvalue weighted by Gasteiger charge is 2.57. The molecule has 5 nitrogen and oxygen atoms in total. The molecule has 1 saturated heterocycles. The van der Waals surface area contributed by atoms with Crippen LogP contribution in [0.5, 0.6) is 0 Å². The third kappa shape index (κ3) is 2.32. The average molecular weight is 327 g/mol. The Hall–Kier alpha value is -1.47. The molecule has 2 aliphatic heterocycles. The van der Waals surface area contributed by atoms with E-state index < -0.39 is 15.4 Å².